The number of fused-ring (bicyclic) bond motifs is 2. The fourth-order valence-corrected chi connectivity index (χ4v) is 7.33. The summed E-state index contributed by atoms with van der Waals surface area (Å²) in [5.41, 5.74) is 13.8. The molecule has 6 heterocycles. The molecule has 0 unspecified atom stereocenters. The molecule has 2 aliphatic rings. The van der Waals surface area contributed by atoms with E-state index >= 15 is 0 Å². The molecule has 0 bridgehead atoms. The summed E-state index contributed by atoms with van der Waals surface area (Å²) in [6.45, 7) is -0.238. The molecule has 0 spiro atoms. The fourth-order valence-electron chi connectivity index (χ4n) is 4.96. The zero-order chi connectivity index (χ0) is 29.3. The van der Waals surface area contributed by atoms with Gasteiger partial charge in [0.2, 0.25) is 0 Å². The first kappa shape index (κ1) is 30.0. The van der Waals surface area contributed by atoms with Crippen LogP contribution in [0.4, 0.5) is 11.6 Å². The molecule has 0 radical (unpaired) electrons. The molecule has 6 rings (SSSR count). The number of aliphatic hydroxyl groups is 3. The Morgan fingerprint density at radius 2 is 1.22 bits per heavy atom. The van der Waals surface area contributed by atoms with Gasteiger partial charge >= 0.3 is 0 Å². The van der Waals surface area contributed by atoms with Gasteiger partial charge in [0.1, 0.15) is 29.8 Å². The van der Waals surface area contributed by atoms with Gasteiger partial charge in [0.05, 0.1) is 48.1 Å². The quantitative estimate of drug-likeness (QED) is 0.185. The molecule has 15 nitrogen and oxygen atoms in total. The van der Waals surface area contributed by atoms with E-state index in [1.54, 1.807) is 40.7 Å². The first-order valence-electron chi connectivity index (χ1n) is 12.5. The molecular weight excluding hydrogens is 593 g/mol. The maximum Gasteiger partial charge on any atom is 0.167 e. The van der Waals surface area contributed by atoms with Crippen LogP contribution in [0.25, 0.3) is 22.3 Å². The van der Waals surface area contributed by atoms with Crippen molar-refractivity contribution >= 4 is 69.2 Å². The third kappa shape index (κ3) is 5.54. The van der Waals surface area contributed by atoms with E-state index in [1.165, 1.54) is 24.4 Å². The lowest BCUT2D eigenvalue weighted by Gasteiger charge is -2.19. The second-order valence-electron chi connectivity index (χ2n) is 9.32. The molecule has 2 fully saturated rings. The van der Waals surface area contributed by atoms with Gasteiger partial charge in [-0.15, -0.1) is 0 Å². The first-order valence-corrected chi connectivity index (χ1v) is 16.5. The number of nitrogens with two attached hydrogens (primary N) is 2. The molecule has 2 aliphatic heterocycles. The van der Waals surface area contributed by atoms with Crippen LogP contribution in [0, 0.1) is 0 Å². The number of aromatic nitrogens is 8. The molecule has 18 heteroatoms. The summed E-state index contributed by atoms with van der Waals surface area (Å²) in [5, 5.41) is 29.5. The van der Waals surface area contributed by atoms with Gasteiger partial charge < -0.3 is 36.3 Å². The van der Waals surface area contributed by atoms with Gasteiger partial charge in [-0.2, -0.15) is 35.3 Å². The lowest BCUT2D eigenvalue weighted by Crippen LogP contribution is -2.31. The Hall–Kier alpha value is -2.45. The van der Waals surface area contributed by atoms with Gasteiger partial charge in [-0.3, -0.25) is 9.13 Å². The minimum atomic E-state index is -0.753. The third-order valence-electron chi connectivity index (χ3n) is 7.00. The highest BCUT2D eigenvalue weighted by Crippen LogP contribution is 2.39. The number of rotatable bonds is 7. The maximum atomic E-state index is 10.4. The van der Waals surface area contributed by atoms with E-state index in [9.17, 15) is 15.3 Å². The van der Waals surface area contributed by atoms with Crippen LogP contribution in [0.5, 0.6) is 0 Å². The average Bonchev–Trinajstić information content (AvgIpc) is 3.73. The molecular formula is C23H32N10O5S3. The zero-order valence-corrected chi connectivity index (χ0v) is 24.9. The van der Waals surface area contributed by atoms with Crippen LogP contribution in [0.1, 0.15) is 12.5 Å². The fraction of sp³-hybridized carbons (Fsp3) is 0.565. The Bertz CT molecular complexity index is 1480. The number of thioether (sulfide) groups is 3. The van der Waals surface area contributed by atoms with Crippen molar-refractivity contribution in [1.82, 2.24) is 39.0 Å². The van der Waals surface area contributed by atoms with Crippen LogP contribution < -0.4 is 11.5 Å². The van der Waals surface area contributed by atoms with Crippen molar-refractivity contribution in [2.75, 3.05) is 42.6 Å². The van der Waals surface area contributed by atoms with Crippen LogP contribution in [0.15, 0.2) is 25.3 Å². The lowest BCUT2D eigenvalue weighted by molar-refractivity contribution is -0.0430. The Morgan fingerprint density at radius 3 is 1.66 bits per heavy atom. The van der Waals surface area contributed by atoms with E-state index < -0.39 is 24.5 Å². The maximum absolute atomic E-state index is 10.4. The highest BCUT2D eigenvalue weighted by molar-refractivity contribution is 7.99. The van der Waals surface area contributed by atoms with Crippen LogP contribution in [-0.4, -0.2) is 120 Å². The van der Waals surface area contributed by atoms with E-state index in [4.69, 9.17) is 20.9 Å². The van der Waals surface area contributed by atoms with Crippen molar-refractivity contribution in [2.45, 2.75) is 47.4 Å². The average molecular weight is 625 g/mol. The van der Waals surface area contributed by atoms with Crippen LogP contribution in [0.3, 0.4) is 0 Å². The molecule has 0 aliphatic carbocycles. The minimum Gasteiger partial charge on any atom is -0.394 e. The van der Waals surface area contributed by atoms with Crippen molar-refractivity contribution < 1.29 is 24.8 Å². The number of anilines is 2. The number of nitrogen functional groups attached to an aromatic ring is 2. The summed E-state index contributed by atoms with van der Waals surface area (Å²) < 4.78 is 15.3. The van der Waals surface area contributed by atoms with Crippen molar-refractivity contribution in [3.63, 3.8) is 0 Å². The zero-order valence-electron chi connectivity index (χ0n) is 22.5. The summed E-state index contributed by atoms with van der Waals surface area (Å²) in [7, 11) is 0. The third-order valence-corrected chi connectivity index (χ3v) is 9.78. The number of ether oxygens (including phenoxy) is 2. The molecule has 8 atom stereocenters. The monoisotopic (exact) mass is 624 g/mol. The highest BCUT2D eigenvalue weighted by Gasteiger charge is 2.45. The van der Waals surface area contributed by atoms with Crippen molar-refractivity contribution in [1.29, 1.82) is 0 Å². The topological polar surface area (TPSA) is 218 Å². The van der Waals surface area contributed by atoms with E-state index in [0.717, 1.165) is 5.75 Å². The SMILES string of the molecule is CSC[C@H]1O[C@@H](n2cnc3c(N)ncnc32)[C@H](SC)[C@@H]1O.CS[C@@H]1[C@H](O)[C@@H](CO)O[C@H]1n1cnc2c(N)ncnc21. The van der Waals surface area contributed by atoms with Crippen molar-refractivity contribution in [2.24, 2.45) is 0 Å². The van der Waals surface area contributed by atoms with E-state index in [2.05, 4.69) is 29.9 Å². The van der Waals surface area contributed by atoms with Crippen LogP contribution in [0.2, 0.25) is 0 Å². The van der Waals surface area contributed by atoms with Gasteiger partial charge in [0, 0.05) is 5.75 Å². The molecule has 4 aromatic rings. The van der Waals surface area contributed by atoms with E-state index in [0.29, 0.717) is 34.0 Å². The summed E-state index contributed by atoms with van der Waals surface area (Å²) in [6.07, 6.45) is 8.97. The Kier molecular flexibility index (Phi) is 9.39. The van der Waals surface area contributed by atoms with E-state index in [-0.39, 0.29) is 29.4 Å². The Morgan fingerprint density at radius 1 is 0.756 bits per heavy atom. The molecule has 222 valence electrons. The summed E-state index contributed by atoms with van der Waals surface area (Å²) in [6, 6.07) is 0. The van der Waals surface area contributed by atoms with Gasteiger partial charge in [-0.05, 0) is 18.8 Å². The van der Waals surface area contributed by atoms with Gasteiger partial charge in [0.15, 0.2) is 35.4 Å². The number of hydrogen-bond acceptors (Lipinski definition) is 16. The number of nitrogens with zero attached hydrogens (tertiary/aromatic N) is 8. The predicted molar refractivity (Wildman–Crippen MR) is 159 cm³/mol. The van der Waals surface area contributed by atoms with Gasteiger partial charge in [-0.25, -0.2) is 29.9 Å². The highest BCUT2D eigenvalue weighted by atomic mass is 32.2. The Balaban J connectivity index is 0.000000165. The second-order valence-corrected chi connectivity index (χ2v) is 12.3. The summed E-state index contributed by atoms with van der Waals surface area (Å²) in [5.74, 6) is 1.39. The normalized spacial score (nSPS) is 29.7. The first-order chi connectivity index (χ1) is 19.8. The van der Waals surface area contributed by atoms with Crippen molar-refractivity contribution in [3.05, 3.63) is 25.3 Å². The minimum absolute atomic E-state index is 0.0734. The predicted octanol–water partition coefficient (Wildman–Crippen LogP) is 0.152. The van der Waals surface area contributed by atoms with Crippen LogP contribution >= 0.6 is 35.3 Å². The molecule has 0 aromatic carbocycles. The smallest absolute Gasteiger partial charge is 0.167 e. The largest absolute Gasteiger partial charge is 0.394 e. The number of imidazole rings is 2. The van der Waals surface area contributed by atoms with Crippen LogP contribution in [-0.2, 0) is 9.47 Å². The Labute approximate surface area is 247 Å². The summed E-state index contributed by atoms with van der Waals surface area (Å²) >= 11 is 4.71. The molecule has 2 saturated heterocycles. The second kappa shape index (κ2) is 12.8. The molecule has 0 amide bonds. The standard InChI is InChI=1S/C12H17N5O2S2.C11H15N5O3S/c1-20-3-6-8(18)9(21-2)12(19-6)17-5-16-7-10(13)14-4-15-11(7)17;1-20-8-7(18)5(2-17)19-11(8)16-4-15-6-9(12)13-3-14-10(6)16/h4-6,8-9,12,18H,3H2,1-2H3,(H2,13,14,15);3-5,7-8,11,17-18H,2H2,1H3,(H2,12,13,14)/t6-,8-,9-,12-;5-,7-,8-,11-/m11/s1. The van der Waals surface area contributed by atoms with Gasteiger partial charge in [0.25, 0.3) is 0 Å². The summed E-state index contributed by atoms with van der Waals surface area (Å²) in [4.78, 5) is 24.7. The molecule has 41 heavy (non-hydrogen) atoms. The number of hydrogen-bond donors (Lipinski definition) is 5. The number of aliphatic hydroxyl groups excluding tert-OH is 3. The van der Waals surface area contributed by atoms with Gasteiger partial charge in [-0.1, -0.05) is 0 Å². The molecule has 0 saturated carbocycles. The van der Waals surface area contributed by atoms with E-state index in [1.807, 2.05) is 23.3 Å². The molecule has 4 aromatic heterocycles. The van der Waals surface area contributed by atoms with Crippen molar-refractivity contribution in [3.8, 4) is 0 Å². The lowest BCUT2D eigenvalue weighted by atomic mass is 10.2. The molecule has 7 N–H and O–H groups in total.